The van der Waals surface area contributed by atoms with Crippen LogP contribution in [0.2, 0.25) is 0 Å². The number of thioether (sulfide) groups is 1. The van der Waals surface area contributed by atoms with Crippen molar-refractivity contribution >= 4 is 17.7 Å². The minimum absolute atomic E-state index is 0.182. The van der Waals surface area contributed by atoms with Crippen LogP contribution in [0.3, 0.4) is 0 Å². The van der Waals surface area contributed by atoms with E-state index in [4.69, 9.17) is 5.73 Å². The Kier molecular flexibility index (Phi) is 10.5. The number of rotatable bonds is 10. The molecule has 0 aromatic carbocycles. The highest BCUT2D eigenvalue weighted by molar-refractivity contribution is 7.99. The van der Waals surface area contributed by atoms with Gasteiger partial charge in [-0.3, -0.25) is 4.79 Å². The maximum absolute atomic E-state index is 11.8. The van der Waals surface area contributed by atoms with Crippen LogP contribution in [0.5, 0.6) is 0 Å². The van der Waals surface area contributed by atoms with Crippen molar-refractivity contribution in [3.63, 3.8) is 0 Å². The number of nitrogens with two attached hydrogens (primary N) is 1. The van der Waals surface area contributed by atoms with Crippen molar-refractivity contribution in [2.75, 3.05) is 18.1 Å². The molecule has 0 aliphatic heterocycles. The molecule has 0 saturated carbocycles. The first-order chi connectivity index (χ1) is 8.51. The molecule has 18 heavy (non-hydrogen) atoms. The third-order valence-corrected chi connectivity index (χ3v) is 4.35. The molecule has 4 heteroatoms. The summed E-state index contributed by atoms with van der Waals surface area (Å²) < 4.78 is 0. The zero-order chi connectivity index (χ0) is 14.0. The van der Waals surface area contributed by atoms with Crippen LogP contribution in [-0.4, -0.2) is 30.0 Å². The van der Waals surface area contributed by atoms with Crippen LogP contribution in [0, 0.1) is 11.8 Å². The molecule has 1 amide bonds. The number of amides is 1. The lowest BCUT2D eigenvalue weighted by Gasteiger charge is -2.20. The van der Waals surface area contributed by atoms with Gasteiger partial charge in [-0.1, -0.05) is 20.8 Å². The summed E-state index contributed by atoms with van der Waals surface area (Å²) >= 11 is 1.86. The van der Waals surface area contributed by atoms with Gasteiger partial charge in [0.05, 0.1) is 0 Å². The zero-order valence-electron chi connectivity index (χ0n) is 12.4. The highest BCUT2D eigenvalue weighted by Crippen LogP contribution is 2.20. The molecule has 2 unspecified atom stereocenters. The first-order valence-electron chi connectivity index (χ1n) is 7.08. The monoisotopic (exact) mass is 274 g/mol. The van der Waals surface area contributed by atoms with Crippen LogP contribution in [0.1, 0.15) is 47.0 Å². The van der Waals surface area contributed by atoms with Gasteiger partial charge in [-0.15, -0.1) is 0 Å². The van der Waals surface area contributed by atoms with Crippen molar-refractivity contribution in [3.05, 3.63) is 0 Å². The maximum atomic E-state index is 11.8. The number of carbonyl (C=O) groups is 1. The Hall–Kier alpha value is -0.220. The number of nitrogens with one attached hydrogen (secondary N) is 1. The van der Waals surface area contributed by atoms with Gasteiger partial charge in [0.2, 0.25) is 5.91 Å². The van der Waals surface area contributed by atoms with Gasteiger partial charge in [-0.2, -0.15) is 11.8 Å². The van der Waals surface area contributed by atoms with E-state index in [1.165, 1.54) is 0 Å². The summed E-state index contributed by atoms with van der Waals surface area (Å²) in [6.07, 6.45) is 2.60. The highest BCUT2D eigenvalue weighted by Gasteiger charge is 2.15. The van der Waals surface area contributed by atoms with E-state index < -0.39 is 0 Å². The normalized spacial score (nSPS) is 14.6. The predicted molar refractivity (Wildman–Crippen MR) is 81.8 cm³/mol. The van der Waals surface area contributed by atoms with E-state index in [-0.39, 0.29) is 11.9 Å². The largest absolute Gasteiger partial charge is 0.353 e. The smallest absolute Gasteiger partial charge is 0.220 e. The first-order valence-corrected chi connectivity index (χ1v) is 8.23. The molecular formula is C14H30N2OS. The van der Waals surface area contributed by atoms with Gasteiger partial charge < -0.3 is 11.1 Å². The van der Waals surface area contributed by atoms with Crippen LogP contribution in [0.15, 0.2) is 0 Å². The Morgan fingerprint density at radius 1 is 1.28 bits per heavy atom. The quantitative estimate of drug-likeness (QED) is 0.644. The fourth-order valence-electron chi connectivity index (χ4n) is 2.02. The van der Waals surface area contributed by atoms with Gasteiger partial charge in [0.15, 0.2) is 0 Å². The van der Waals surface area contributed by atoms with E-state index in [2.05, 4.69) is 33.0 Å². The fraction of sp³-hybridized carbons (Fsp3) is 0.929. The Balaban J connectivity index is 3.86. The van der Waals surface area contributed by atoms with Crippen molar-refractivity contribution in [1.29, 1.82) is 0 Å². The van der Waals surface area contributed by atoms with E-state index >= 15 is 0 Å². The molecule has 0 spiro atoms. The average molecular weight is 274 g/mol. The Labute approximate surface area is 117 Å². The second-order valence-electron chi connectivity index (χ2n) is 5.25. The van der Waals surface area contributed by atoms with Crippen molar-refractivity contribution in [2.24, 2.45) is 17.6 Å². The molecule has 0 aromatic rings. The lowest BCUT2D eigenvalue weighted by molar-refractivity contribution is -0.121. The van der Waals surface area contributed by atoms with Crippen molar-refractivity contribution in [2.45, 2.75) is 53.0 Å². The minimum Gasteiger partial charge on any atom is -0.353 e. The lowest BCUT2D eigenvalue weighted by atomic mass is 9.88. The summed E-state index contributed by atoms with van der Waals surface area (Å²) in [5, 5.41) is 3.06. The zero-order valence-corrected chi connectivity index (χ0v) is 13.2. The maximum Gasteiger partial charge on any atom is 0.220 e. The van der Waals surface area contributed by atoms with Gasteiger partial charge in [-0.05, 0) is 43.9 Å². The van der Waals surface area contributed by atoms with Crippen molar-refractivity contribution in [1.82, 2.24) is 5.32 Å². The summed E-state index contributed by atoms with van der Waals surface area (Å²) in [6, 6.07) is 0.273. The van der Waals surface area contributed by atoms with E-state index in [1.54, 1.807) is 0 Å². The Morgan fingerprint density at radius 3 is 2.44 bits per heavy atom. The molecule has 0 fully saturated rings. The van der Waals surface area contributed by atoms with Gasteiger partial charge in [0.1, 0.15) is 0 Å². The van der Waals surface area contributed by atoms with E-state index in [0.29, 0.717) is 24.8 Å². The van der Waals surface area contributed by atoms with Crippen LogP contribution >= 0.6 is 11.8 Å². The van der Waals surface area contributed by atoms with Crippen molar-refractivity contribution in [3.8, 4) is 0 Å². The average Bonchev–Trinajstić information content (AvgIpc) is 2.31. The standard InChI is InChI=1S/C14H30N2OS/c1-5-18-10-12(4)16-14(17)7-6-13(8-9-15)11(2)3/h11-13H,5-10,15H2,1-4H3,(H,16,17). The minimum atomic E-state index is 0.182. The molecule has 0 aromatic heterocycles. The summed E-state index contributed by atoms with van der Waals surface area (Å²) in [7, 11) is 0. The summed E-state index contributed by atoms with van der Waals surface area (Å²) in [4.78, 5) is 11.8. The van der Waals surface area contributed by atoms with Gasteiger partial charge in [-0.25, -0.2) is 0 Å². The number of carbonyl (C=O) groups excluding carboxylic acids is 1. The molecule has 0 heterocycles. The Morgan fingerprint density at radius 2 is 1.94 bits per heavy atom. The molecule has 3 N–H and O–H groups in total. The first kappa shape index (κ1) is 17.8. The Bertz CT molecular complexity index is 222. The summed E-state index contributed by atoms with van der Waals surface area (Å²) in [5.41, 5.74) is 5.61. The number of hydrogen-bond acceptors (Lipinski definition) is 3. The molecule has 0 bridgehead atoms. The van der Waals surface area contributed by atoms with Crippen molar-refractivity contribution < 1.29 is 4.79 Å². The molecule has 2 atom stereocenters. The van der Waals surface area contributed by atoms with E-state index in [9.17, 15) is 4.79 Å². The second kappa shape index (κ2) is 10.7. The van der Waals surface area contributed by atoms with E-state index in [1.807, 2.05) is 11.8 Å². The molecule has 3 nitrogen and oxygen atoms in total. The molecule has 0 aliphatic carbocycles. The van der Waals surface area contributed by atoms with Crippen LogP contribution < -0.4 is 11.1 Å². The summed E-state index contributed by atoms with van der Waals surface area (Å²) in [5.74, 6) is 3.46. The lowest BCUT2D eigenvalue weighted by Crippen LogP contribution is -2.34. The van der Waals surface area contributed by atoms with Crippen LogP contribution in [0.25, 0.3) is 0 Å². The van der Waals surface area contributed by atoms with Crippen LogP contribution in [0.4, 0.5) is 0 Å². The molecule has 0 aliphatic rings. The van der Waals surface area contributed by atoms with Gasteiger partial charge in [0, 0.05) is 18.2 Å². The molecule has 0 rings (SSSR count). The molecular weight excluding hydrogens is 244 g/mol. The molecule has 108 valence electrons. The van der Waals surface area contributed by atoms with Gasteiger partial charge >= 0.3 is 0 Å². The highest BCUT2D eigenvalue weighted by atomic mass is 32.2. The third kappa shape index (κ3) is 8.81. The SMILES string of the molecule is CCSCC(C)NC(=O)CCC(CCN)C(C)C. The third-order valence-electron chi connectivity index (χ3n) is 3.20. The molecule has 0 saturated heterocycles. The second-order valence-corrected chi connectivity index (χ2v) is 6.57. The van der Waals surface area contributed by atoms with Crippen LogP contribution in [-0.2, 0) is 4.79 Å². The summed E-state index contributed by atoms with van der Waals surface area (Å²) in [6.45, 7) is 9.34. The fourth-order valence-corrected chi connectivity index (χ4v) is 2.70. The molecule has 0 radical (unpaired) electrons. The van der Waals surface area contributed by atoms with Gasteiger partial charge in [0.25, 0.3) is 0 Å². The predicted octanol–water partition coefficient (Wildman–Crippen LogP) is 2.65. The van der Waals surface area contributed by atoms with E-state index in [0.717, 1.165) is 24.3 Å². The topological polar surface area (TPSA) is 55.1 Å². The number of hydrogen-bond donors (Lipinski definition) is 2.